The summed E-state index contributed by atoms with van der Waals surface area (Å²) >= 11 is 0. The zero-order valence-electron chi connectivity index (χ0n) is 8.09. The van der Waals surface area contributed by atoms with Gasteiger partial charge < -0.3 is 5.11 Å². The summed E-state index contributed by atoms with van der Waals surface area (Å²) in [5.41, 5.74) is 0.201. The maximum absolute atomic E-state index is 11.4. The maximum atomic E-state index is 11.4. The number of carbonyl (C=O) groups is 1. The highest BCUT2D eigenvalue weighted by Gasteiger charge is 2.39. The van der Waals surface area contributed by atoms with Gasteiger partial charge in [0.05, 0.1) is 6.10 Å². The second-order valence-corrected chi connectivity index (χ2v) is 4.82. The Bertz CT molecular complexity index is 208. The SMILES string of the molecule is O=C1CCCC2(CCCC(O)C2)C1. The van der Waals surface area contributed by atoms with Gasteiger partial charge in [-0.25, -0.2) is 0 Å². The Balaban J connectivity index is 2.04. The van der Waals surface area contributed by atoms with E-state index in [9.17, 15) is 9.90 Å². The van der Waals surface area contributed by atoms with E-state index >= 15 is 0 Å². The van der Waals surface area contributed by atoms with E-state index in [0.29, 0.717) is 5.78 Å². The molecule has 0 aromatic heterocycles. The number of aliphatic hydroxyl groups excluding tert-OH is 1. The van der Waals surface area contributed by atoms with Crippen molar-refractivity contribution in [1.82, 2.24) is 0 Å². The highest BCUT2D eigenvalue weighted by molar-refractivity contribution is 5.79. The van der Waals surface area contributed by atoms with Crippen LogP contribution in [0.4, 0.5) is 0 Å². The van der Waals surface area contributed by atoms with Crippen LogP contribution in [-0.4, -0.2) is 17.0 Å². The van der Waals surface area contributed by atoms with Crippen LogP contribution in [0.5, 0.6) is 0 Å². The van der Waals surface area contributed by atoms with E-state index in [0.717, 1.165) is 51.4 Å². The van der Waals surface area contributed by atoms with Gasteiger partial charge in [-0.2, -0.15) is 0 Å². The lowest BCUT2D eigenvalue weighted by Crippen LogP contribution is -2.36. The standard InChI is InChI=1S/C11H18O2/c12-9-3-1-5-11(7-9)6-2-4-10(13)8-11/h9,12H,1-8H2. The molecule has 0 radical (unpaired) electrons. The molecule has 2 nitrogen and oxygen atoms in total. The smallest absolute Gasteiger partial charge is 0.133 e. The summed E-state index contributed by atoms with van der Waals surface area (Å²) in [4.78, 5) is 11.4. The predicted molar refractivity (Wildman–Crippen MR) is 50.4 cm³/mol. The van der Waals surface area contributed by atoms with Gasteiger partial charge in [-0.15, -0.1) is 0 Å². The Labute approximate surface area is 79.3 Å². The second-order valence-electron chi connectivity index (χ2n) is 4.82. The zero-order valence-corrected chi connectivity index (χ0v) is 8.09. The molecule has 0 saturated heterocycles. The van der Waals surface area contributed by atoms with Crippen molar-refractivity contribution in [2.45, 2.75) is 57.5 Å². The molecule has 2 saturated carbocycles. The zero-order chi connectivity index (χ0) is 9.31. The Hall–Kier alpha value is -0.370. The van der Waals surface area contributed by atoms with Crippen molar-refractivity contribution in [3.05, 3.63) is 0 Å². The molecule has 0 aliphatic heterocycles. The van der Waals surface area contributed by atoms with Crippen LogP contribution in [0.15, 0.2) is 0 Å². The molecule has 2 atom stereocenters. The first-order valence-corrected chi connectivity index (χ1v) is 5.40. The molecular formula is C11H18O2. The van der Waals surface area contributed by atoms with Crippen LogP contribution in [0.25, 0.3) is 0 Å². The molecular weight excluding hydrogens is 164 g/mol. The van der Waals surface area contributed by atoms with Crippen molar-refractivity contribution in [3.63, 3.8) is 0 Å². The minimum atomic E-state index is -0.139. The van der Waals surface area contributed by atoms with E-state index in [-0.39, 0.29) is 11.5 Å². The monoisotopic (exact) mass is 182 g/mol. The molecule has 1 N–H and O–H groups in total. The molecule has 0 heterocycles. The molecule has 0 aromatic carbocycles. The molecule has 74 valence electrons. The number of aliphatic hydroxyl groups is 1. The van der Waals surface area contributed by atoms with Crippen molar-refractivity contribution in [1.29, 1.82) is 0 Å². The molecule has 2 aliphatic rings. The molecule has 1 spiro atoms. The van der Waals surface area contributed by atoms with Crippen molar-refractivity contribution >= 4 is 5.78 Å². The number of carbonyl (C=O) groups excluding carboxylic acids is 1. The fourth-order valence-electron chi connectivity index (χ4n) is 3.06. The van der Waals surface area contributed by atoms with E-state index in [1.54, 1.807) is 0 Å². The summed E-state index contributed by atoms with van der Waals surface area (Å²) in [6.07, 6.45) is 7.67. The summed E-state index contributed by atoms with van der Waals surface area (Å²) in [6.45, 7) is 0. The van der Waals surface area contributed by atoms with Crippen LogP contribution in [0.3, 0.4) is 0 Å². The first-order valence-electron chi connectivity index (χ1n) is 5.40. The molecule has 0 amide bonds. The maximum Gasteiger partial charge on any atom is 0.133 e. The normalized spacial score (nSPS) is 41.0. The van der Waals surface area contributed by atoms with Gasteiger partial charge in [0.2, 0.25) is 0 Å². The van der Waals surface area contributed by atoms with Gasteiger partial charge in [0, 0.05) is 12.8 Å². The Morgan fingerprint density at radius 3 is 2.77 bits per heavy atom. The topological polar surface area (TPSA) is 37.3 Å². The van der Waals surface area contributed by atoms with Gasteiger partial charge >= 0.3 is 0 Å². The average Bonchev–Trinajstić information content (AvgIpc) is 2.02. The number of hydrogen-bond donors (Lipinski definition) is 1. The molecule has 2 unspecified atom stereocenters. The minimum Gasteiger partial charge on any atom is -0.393 e. The van der Waals surface area contributed by atoms with Crippen LogP contribution in [0, 0.1) is 5.41 Å². The number of rotatable bonds is 0. The van der Waals surface area contributed by atoms with Crippen molar-refractivity contribution in [2.24, 2.45) is 5.41 Å². The lowest BCUT2D eigenvalue weighted by atomic mass is 9.64. The van der Waals surface area contributed by atoms with Crippen LogP contribution in [-0.2, 0) is 4.79 Å². The molecule has 2 fully saturated rings. The molecule has 2 aliphatic carbocycles. The third-order valence-electron chi connectivity index (χ3n) is 3.65. The molecule has 2 rings (SSSR count). The van der Waals surface area contributed by atoms with Gasteiger partial charge in [0.1, 0.15) is 5.78 Å². The molecule has 2 heteroatoms. The van der Waals surface area contributed by atoms with E-state index in [1.807, 2.05) is 0 Å². The van der Waals surface area contributed by atoms with Crippen molar-refractivity contribution < 1.29 is 9.90 Å². The second kappa shape index (κ2) is 3.41. The largest absolute Gasteiger partial charge is 0.393 e. The average molecular weight is 182 g/mol. The van der Waals surface area contributed by atoms with Gasteiger partial charge in [-0.3, -0.25) is 4.79 Å². The Kier molecular flexibility index (Phi) is 2.41. The van der Waals surface area contributed by atoms with Crippen LogP contribution < -0.4 is 0 Å². The first kappa shape index (κ1) is 9.20. The highest BCUT2D eigenvalue weighted by Crippen LogP contribution is 2.46. The van der Waals surface area contributed by atoms with Gasteiger partial charge in [0.15, 0.2) is 0 Å². The fraction of sp³-hybridized carbons (Fsp3) is 0.909. The number of hydrogen-bond acceptors (Lipinski definition) is 2. The van der Waals surface area contributed by atoms with Crippen molar-refractivity contribution in [3.8, 4) is 0 Å². The van der Waals surface area contributed by atoms with Crippen LogP contribution >= 0.6 is 0 Å². The van der Waals surface area contributed by atoms with Gasteiger partial charge in [-0.1, -0.05) is 6.42 Å². The summed E-state index contributed by atoms with van der Waals surface area (Å²) < 4.78 is 0. The summed E-state index contributed by atoms with van der Waals surface area (Å²) in [6, 6.07) is 0. The lowest BCUT2D eigenvalue weighted by Gasteiger charge is -2.41. The fourth-order valence-corrected chi connectivity index (χ4v) is 3.06. The molecule has 0 aromatic rings. The third kappa shape index (κ3) is 1.93. The summed E-state index contributed by atoms with van der Waals surface area (Å²) in [5.74, 6) is 0.417. The number of Topliss-reactive ketones (excluding diaryl/α,β-unsaturated/α-hetero) is 1. The van der Waals surface area contributed by atoms with Crippen LogP contribution in [0.2, 0.25) is 0 Å². The molecule has 0 bridgehead atoms. The highest BCUT2D eigenvalue weighted by atomic mass is 16.3. The van der Waals surface area contributed by atoms with E-state index in [4.69, 9.17) is 0 Å². The first-order chi connectivity index (χ1) is 6.20. The van der Waals surface area contributed by atoms with Crippen molar-refractivity contribution in [2.75, 3.05) is 0 Å². The predicted octanol–water partition coefficient (Wildman–Crippen LogP) is 2.05. The Morgan fingerprint density at radius 2 is 2.08 bits per heavy atom. The summed E-state index contributed by atoms with van der Waals surface area (Å²) in [7, 11) is 0. The van der Waals surface area contributed by atoms with Gasteiger partial charge in [0.25, 0.3) is 0 Å². The van der Waals surface area contributed by atoms with Gasteiger partial charge in [-0.05, 0) is 37.5 Å². The van der Waals surface area contributed by atoms with E-state index in [2.05, 4.69) is 0 Å². The molecule has 13 heavy (non-hydrogen) atoms. The van der Waals surface area contributed by atoms with E-state index < -0.39 is 0 Å². The third-order valence-corrected chi connectivity index (χ3v) is 3.65. The van der Waals surface area contributed by atoms with E-state index in [1.165, 1.54) is 0 Å². The minimum absolute atomic E-state index is 0.139. The lowest BCUT2D eigenvalue weighted by molar-refractivity contribution is -0.125. The quantitative estimate of drug-likeness (QED) is 0.622. The Morgan fingerprint density at radius 1 is 1.31 bits per heavy atom. The van der Waals surface area contributed by atoms with Crippen LogP contribution in [0.1, 0.15) is 51.4 Å². The summed E-state index contributed by atoms with van der Waals surface area (Å²) in [5, 5.41) is 9.60. The number of ketones is 1.